The molecule has 2 rings (SSSR count). The van der Waals surface area contributed by atoms with E-state index in [1.165, 1.54) is 0 Å². The average molecular weight is 322 g/mol. The SMILES string of the molecule is COc1ccccc1C(CO)Nc1cccc(Br)c1. The van der Waals surface area contributed by atoms with Crippen molar-refractivity contribution in [3.8, 4) is 5.75 Å². The zero-order valence-corrected chi connectivity index (χ0v) is 12.2. The van der Waals surface area contributed by atoms with Crippen molar-refractivity contribution >= 4 is 21.6 Å². The Morgan fingerprint density at radius 2 is 2.00 bits per heavy atom. The van der Waals surface area contributed by atoms with Crippen LogP contribution < -0.4 is 10.1 Å². The van der Waals surface area contributed by atoms with Crippen molar-refractivity contribution < 1.29 is 9.84 Å². The summed E-state index contributed by atoms with van der Waals surface area (Å²) in [5, 5.41) is 12.9. The molecule has 0 radical (unpaired) electrons. The minimum atomic E-state index is -0.203. The molecule has 0 saturated carbocycles. The van der Waals surface area contributed by atoms with Crippen LogP contribution in [-0.4, -0.2) is 18.8 Å². The Labute approximate surface area is 121 Å². The van der Waals surface area contributed by atoms with Crippen LogP contribution >= 0.6 is 15.9 Å². The molecule has 0 aliphatic rings. The maximum absolute atomic E-state index is 9.60. The third-order valence-corrected chi connectivity index (χ3v) is 3.36. The number of hydrogen-bond donors (Lipinski definition) is 2. The van der Waals surface area contributed by atoms with Crippen LogP contribution in [0.3, 0.4) is 0 Å². The summed E-state index contributed by atoms with van der Waals surface area (Å²) in [6.45, 7) is -0.00706. The number of halogens is 1. The molecule has 0 amide bonds. The number of para-hydroxylation sites is 1. The number of hydrogen-bond acceptors (Lipinski definition) is 3. The number of aliphatic hydroxyl groups is 1. The highest BCUT2D eigenvalue weighted by Gasteiger charge is 2.14. The van der Waals surface area contributed by atoms with Gasteiger partial charge in [-0.2, -0.15) is 0 Å². The first-order chi connectivity index (χ1) is 9.24. The van der Waals surface area contributed by atoms with Crippen LogP contribution in [0.5, 0.6) is 5.75 Å². The van der Waals surface area contributed by atoms with Crippen molar-refractivity contribution in [2.24, 2.45) is 0 Å². The second-order valence-electron chi connectivity index (χ2n) is 4.13. The van der Waals surface area contributed by atoms with E-state index < -0.39 is 0 Å². The van der Waals surface area contributed by atoms with Gasteiger partial charge in [-0.25, -0.2) is 0 Å². The zero-order valence-electron chi connectivity index (χ0n) is 10.6. The molecule has 0 spiro atoms. The number of anilines is 1. The number of aliphatic hydroxyl groups excluding tert-OH is 1. The third-order valence-electron chi connectivity index (χ3n) is 2.86. The zero-order chi connectivity index (χ0) is 13.7. The molecule has 0 aromatic heterocycles. The van der Waals surface area contributed by atoms with E-state index >= 15 is 0 Å². The lowest BCUT2D eigenvalue weighted by Gasteiger charge is -2.20. The van der Waals surface area contributed by atoms with Crippen molar-refractivity contribution in [1.29, 1.82) is 0 Å². The molecule has 4 heteroatoms. The summed E-state index contributed by atoms with van der Waals surface area (Å²) in [5.74, 6) is 0.768. The van der Waals surface area contributed by atoms with E-state index in [4.69, 9.17) is 4.74 Å². The lowest BCUT2D eigenvalue weighted by Crippen LogP contribution is -2.15. The Hall–Kier alpha value is -1.52. The summed E-state index contributed by atoms with van der Waals surface area (Å²) >= 11 is 3.43. The van der Waals surface area contributed by atoms with Gasteiger partial charge in [-0.05, 0) is 24.3 Å². The lowest BCUT2D eigenvalue weighted by molar-refractivity contribution is 0.273. The molecule has 2 aromatic rings. The number of benzene rings is 2. The number of methoxy groups -OCH3 is 1. The van der Waals surface area contributed by atoms with Crippen LogP contribution in [0.15, 0.2) is 53.0 Å². The van der Waals surface area contributed by atoms with Gasteiger partial charge in [0.25, 0.3) is 0 Å². The van der Waals surface area contributed by atoms with Gasteiger partial charge in [0.05, 0.1) is 19.8 Å². The van der Waals surface area contributed by atoms with Crippen LogP contribution in [0, 0.1) is 0 Å². The van der Waals surface area contributed by atoms with Gasteiger partial charge in [-0.3, -0.25) is 0 Å². The highest BCUT2D eigenvalue weighted by atomic mass is 79.9. The second kappa shape index (κ2) is 6.59. The molecule has 0 fully saturated rings. The maximum atomic E-state index is 9.60. The van der Waals surface area contributed by atoms with Gasteiger partial charge in [-0.1, -0.05) is 40.2 Å². The average Bonchev–Trinajstić information content (AvgIpc) is 2.45. The molecule has 2 aromatic carbocycles. The van der Waals surface area contributed by atoms with Gasteiger partial charge >= 0.3 is 0 Å². The van der Waals surface area contributed by atoms with Crippen LogP contribution in [0.1, 0.15) is 11.6 Å². The van der Waals surface area contributed by atoms with Crippen molar-refractivity contribution in [3.05, 3.63) is 58.6 Å². The van der Waals surface area contributed by atoms with Gasteiger partial charge in [0.15, 0.2) is 0 Å². The first-order valence-electron chi connectivity index (χ1n) is 6.00. The number of rotatable bonds is 5. The fourth-order valence-electron chi connectivity index (χ4n) is 1.96. The van der Waals surface area contributed by atoms with E-state index in [1.54, 1.807) is 7.11 Å². The molecule has 0 saturated heterocycles. The predicted molar refractivity (Wildman–Crippen MR) is 80.6 cm³/mol. The van der Waals surface area contributed by atoms with Crippen molar-refractivity contribution in [1.82, 2.24) is 0 Å². The van der Waals surface area contributed by atoms with Crippen LogP contribution in [0.25, 0.3) is 0 Å². The van der Waals surface area contributed by atoms with E-state index in [-0.39, 0.29) is 12.6 Å². The standard InChI is InChI=1S/C15H16BrNO2/c1-19-15-8-3-2-7-13(15)14(10-18)17-12-6-4-5-11(16)9-12/h2-9,14,17-18H,10H2,1H3. The molecule has 3 nitrogen and oxygen atoms in total. The second-order valence-corrected chi connectivity index (χ2v) is 5.05. The first-order valence-corrected chi connectivity index (χ1v) is 6.79. The minimum absolute atomic E-state index is 0.00706. The van der Waals surface area contributed by atoms with E-state index in [0.29, 0.717) is 0 Å². The molecule has 1 atom stereocenters. The predicted octanol–water partition coefficient (Wildman–Crippen LogP) is 3.60. The van der Waals surface area contributed by atoms with Gasteiger partial charge in [0.2, 0.25) is 0 Å². The Bertz CT molecular complexity index is 545. The molecule has 0 aliphatic carbocycles. The fraction of sp³-hybridized carbons (Fsp3) is 0.200. The molecule has 19 heavy (non-hydrogen) atoms. The van der Waals surface area contributed by atoms with Gasteiger partial charge in [0.1, 0.15) is 5.75 Å². The Balaban J connectivity index is 2.25. The van der Waals surface area contributed by atoms with Crippen LogP contribution in [0.4, 0.5) is 5.69 Å². The monoisotopic (exact) mass is 321 g/mol. The van der Waals surface area contributed by atoms with Crippen LogP contribution in [-0.2, 0) is 0 Å². The van der Waals surface area contributed by atoms with E-state index in [9.17, 15) is 5.11 Å². The largest absolute Gasteiger partial charge is 0.496 e. The van der Waals surface area contributed by atoms with E-state index in [2.05, 4.69) is 21.2 Å². The smallest absolute Gasteiger partial charge is 0.124 e. The molecular formula is C15H16BrNO2. The molecule has 100 valence electrons. The van der Waals surface area contributed by atoms with Crippen molar-refractivity contribution in [2.75, 3.05) is 19.0 Å². The van der Waals surface area contributed by atoms with Crippen molar-refractivity contribution in [2.45, 2.75) is 6.04 Å². The molecule has 1 unspecified atom stereocenters. The number of ether oxygens (including phenoxy) is 1. The summed E-state index contributed by atoms with van der Waals surface area (Å²) in [6.07, 6.45) is 0. The van der Waals surface area contributed by atoms with Crippen molar-refractivity contribution in [3.63, 3.8) is 0 Å². The summed E-state index contributed by atoms with van der Waals surface area (Å²) < 4.78 is 6.32. The highest BCUT2D eigenvalue weighted by molar-refractivity contribution is 9.10. The van der Waals surface area contributed by atoms with Crippen LogP contribution in [0.2, 0.25) is 0 Å². The molecular weight excluding hydrogens is 306 g/mol. The lowest BCUT2D eigenvalue weighted by atomic mass is 10.1. The van der Waals surface area contributed by atoms with Gasteiger partial charge in [0, 0.05) is 15.7 Å². The number of nitrogens with one attached hydrogen (secondary N) is 1. The first kappa shape index (κ1) is 13.9. The highest BCUT2D eigenvalue weighted by Crippen LogP contribution is 2.28. The Morgan fingerprint density at radius 3 is 2.68 bits per heavy atom. The van der Waals surface area contributed by atoms with E-state index in [1.807, 2.05) is 48.5 Å². The van der Waals surface area contributed by atoms with E-state index in [0.717, 1.165) is 21.5 Å². The summed E-state index contributed by atoms with van der Waals surface area (Å²) in [4.78, 5) is 0. The fourth-order valence-corrected chi connectivity index (χ4v) is 2.35. The maximum Gasteiger partial charge on any atom is 0.124 e. The van der Waals surface area contributed by atoms with Gasteiger partial charge in [-0.15, -0.1) is 0 Å². The normalized spacial score (nSPS) is 11.9. The Morgan fingerprint density at radius 1 is 1.21 bits per heavy atom. The third kappa shape index (κ3) is 3.49. The topological polar surface area (TPSA) is 41.5 Å². The molecule has 2 N–H and O–H groups in total. The molecule has 0 bridgehead atoms. The Kier molecular flexibility index (Phi) is 4.82. The summed E-state index contributed by atoms with van der Waals surface area (Å²) in [6, 6.07) is 15.3. The quantitative estimate of drug-likeness (QED) is 0.884. The summed E-state index contributed by atoms with van der Waals surface area (Å²) in [7, 11) is 1.63. The minimum Gasteiger partial charge on any atom is -0.496 e. The summed E-state index contributed by atoms with van der Waals surface area (Å²) in [5.41, 5.74) is 1.88. The van der Waals surface area contributed by atoms with Gasteiger partial charge < -0.3 is 15.2 Å². The molecule has 0 aliphatic heterocycles. The molecule has 0 heterocycles.